The van der Waals surface area contributed by atoms with Gasteiger partial charge in [-0.1, -0.05) is 54.1 Å². The Labute approximate surface area is 185 Å². The molecule has 1 fully saturated rings. The summed E-state index contributed by atoms with van der Waals surface area (Å²) in [6.45, 7) is 1.69. The highest BCUT2D eigenvalue weighted by molar-refractivity contribution is 6.30. The molecule has 1 aliphatic carbocycles. The molecule has 0 spiro atoms. The minimum Gasteiger partial charge on any atom is -0.466 e. The number of ether oxygens (including phenoxy) is 1. The lowest BCUT2D eigenvalue weighted by Gasteiger charge is -2.43. The van der Waals surface area contributed by atoms with E-state index in [0.717, 1.165) is 16.8 Å². The van der Waals surface area contributed by atoms with Crippen LogP contribution in [0.25, 0.3) is 11.3 Å². The molecule has 160 valence electrons. The van der Waals surface area contributed by atoms with Crippen molar-refractivity contribution in [3.63, 3.8) is 0 Å². The van der Waals surface area contributed by atoms with E-state index in [1.54, 1.807) is 12.1 Å². The highest BCUT2D eigenvalue weighted by Crippen LogP contribution is 2.49. The Morgan fingerprint density at radius 3 is 2.48 bits per heavy atom. The maximum Gasteiger partial charge on any atom is 0.302 e. The second-order valence-corrected chi connectivity index (χ2v) is 8.27. The first kappa shape index (κ1) is 21.4. The van der Waals surface area contributed by atoms with Crippen LogP contribution in [0.5, 0.6) is 0 Å². The lowest BCUT2D eigenvalue weighted by molar-refractivity contribution is -0.141. The molecule has 5 nitrogen and oxygen atoms in total. The zero-order valence-electron chi connectivity index (χ0n) is 17.2. The zero-order valence-corrected chi connectivity index (χ0v) is 18.0. The number of benzene rings is 2. The summed E-state index contributed by atoms with van der Waals surface area (Å²) in [6, 6.07) is 17.1. The van der Waals surface area contributed by atoms with Crippen LogP contribution in [-0.4, -0.2) is 33.9 Å². The number of hydrogen-bond donors (Lipinski definition) is 0. The molecule has 2 aromatic carbocycles. The van der Waals surface area contributed by atoms with Crippen LogP contribution in [0, 0.1) is 0 Å². The SMILES string of the molecule is CC(=O)OCCCc1nc(C2(c3ccc(Cl)cc3)CC(F)C2)nnc1-c1ccccc1. The van der Waals surface area contributed by atoms with Gasteiger partial charge in [-0.2, -0.15) is 0 Å². The molecule has 0 N–H and O–H groups in total. The standard InChI is InChI=1S/C24H23ClFN3O2/c1-16(30)31-13-5-8-21-22(17-6-3-2-4-7-17)28-29-23(27-21)24(14-20(26)15-24)18-9-11-19(25)12-10-18/h2-4,6-7,9-12,20H,5,8,13-15H2,1H3. The van der Waals surface area contributed by atoms with E-state index in [-0.39, 0.29) is 5.97 Å². The minimum absolute atomic E-state index is 0.303. The van der Waals surface area contributed by atoms with Crippen molar-refractivity contribution in [3.05, 3.63) is 76.7 Å². The van der Waals surface area contributed by atoms with E-state index in [1.807, 2.05) is 42.5 Å². The Hall–Kier alpha value is -2.86. The number of hydrogen-bond acceptors (Lipinski definition) is 5. The molecule has 3 aromatic rings. The van der Waals surface area contributed by atoms with Gasteiger partial charge in [0.15, 0.2) is 5.82 Å². The Bertz CT molecular complexity index is 1050. The van der Waals surface area contributed by atoms with Crippen molar-refractivity contribution in [2.45, 2.75) is 44.2 Å². The van der Waals surface area contributed by atoms with Gasteiger partial charge < -0.3 is 4.74 Å². The Kier molecular flexibility index (Phi) is 6.28. The molecule has 1 aromatic heterocycles. The molecule has 0 aliphatic heterocycles. The van der Waals surface area contributed by atoms with Crippen molar-refractivity contribution in [3.8, 4) is 11.3 Å². The Morgan fingerprint density at radius 1 is 1.13 bits per heavy atom. The number of aromatic nitrogens is 3. The predicted molar refractivity (Wildman–Crippen MR) is 117 cm³/mol. The minimum atomic E-state index is -0.902. The van der Waals surface area contributed by atoms with Gasteiger partial charge in [0.05, 0.1) is 17.7 Å². The van der Waals surface area contributed by atoms with Crippen LogP contribution >= 0.6 is 11.6 Å². The maximum absolute atomic E-state index is 14.1. The molecule has 0 amide bonds. The fourth-order valence-electron chi connectivity index (χ4n) is 4.02. The van der Waals surface area contributed by atoms with E-state index in [9.17, 15) is 9.18 Å². The number of esters is 1. The van der Waals surface area contributed by atoms with E-state index < -0.39 is 11.6 Å². The molecule has 4 rings (SSSR count). The fourth-order valence-corrected chi connectivity index (χ4v) is 4.15. The average Bonchev–Trinajstić information content (AvgIpc) is 2.75. The van der Waals surface area contributed by atoms with Crippen LogP contribution in [0.4, 0.5) is 4.39 Å². The normalized spacial score (nSPS) is 20.2. The molecule has 0 radical (unpaired) electrons. The first-order valence-electron chi connectivity index (χ1n) is 10.3. The van der Waals surface area contributed by atoms with Crippen LogP contribution in [0.1, 0.15) is 43.3 Å². The molecule has 0 saturated heterocycles. The summed E-state index contributed by atoms with van der Waals surface area (Å²) in [4.78, 5) is 16.0. The molecular formula is C24H23ClFN3O2. The monoisotopic (exact) mass is 439 g/mol. The second-order valence-electron chi connectivity index (χ2n) is 7.83. The summed E-state index contributed by atoms with van der Waals surface area (Å²) in [5, 5.41) is 9.59. The molecular weight excluding hydrogens is 417 g/mol. The number of alkyl halides is 1. The van der Waals surface area contributed by atoms with Gasteiger partial charge in [-0.3, -0.25) is 4.79 Å². The summed E-state index contributed by atoms with van der Waals surface area (Å²) in [5.74, 6) is 0.209. The second kappa shape index (κ2) is 9.10. The average molecular weight is 440 g/mol. The number of aryl methyl sites for hydroxylation is 1. The predicted octanol–water partition coefficient (Wildman–Crippen LogP) is 5.11. The molecule has 0 unspecified atom stereocenters. The van der Waals surface area contributed by atoms with Gasteiger partial charge in [0.2, 0.25) is 0 Å². The van der Waals surface area contributed by atoms with Gasteiger partial charge in [0.1, 0.15) is 11.9 Å². The van der Waals surface area contributed by atoms with E-state index in [2.05, 4.69) is 10.2 Å². The first-order valence-corrected chi connectivity index (χ1v) is 10.7. The highest BCUT2D eigenvalue weighted by atomic mass is 35.5. The molecule has 1 saturated carbocycles. The Morgan fingerprint density at radius 2 is 1.84 bits per heavy atom. The lowest BCUT2D eigenvalue weighted by atomic mass is 9.62. The molecule has 1 aliphatic rings. The summed E-state index contributed by atoms with van der Waals surface area (Å²) in [7, 11) is 0. The Balaban J connectivity index is 1.71. The van der Waals surface area contributed by atoms with Crippen molar-refractivity contribution in [2.24, 2.45) is 0 Å². The van der Waals surface area contributed by atoms with Gasteiger partial charge >= 0.3 is 5.97 Å². The fraction of sp³-hybridized carbons (Fsp3) is 0.333. The smallest absolute Gasteiger partial charge is 0.302 e. The summed E-state index contributed by atoms with van der Waals surface area (Å²) in [5.41, 5.74) is 2.69. The quantitative estimate of drug-likeness (QED) is 0.378. The summed E-state index contributed by atoms with van der Waals surface area (Å²) in [6.07, 6.45) is 0.898. The lowest BCUT2D eigenvalue weighted by Crippen LogP contribution is -2.45. The number of rotatable bonds is 7. The zero-order chi connectivity index (χ0) is 21.8. The third-order valence-electron chi connectivity index (χ3n) is 5.63. The van der Waals surface area contributed by atoms with Crippen LogP contribution < -0.4 is 0 Å². The van der Waals surface area contributed by atoms with Crippen LogP contribution in [0.3, 0.4) is 0 Å². The van der Waals surface area contributed by atoms with Gasteiger partial charge in [-0.15, -0.1) is 10.2 Å². The molecule has 31 heavy (non-hydrogen) atoms. The number of carbonyl (C=O) groups is 1. The van der Waals surface area contributed by atoms with Gasteiger partial charge in [0, 0.05) is 17.5 Å². The van der Waals surface area contributed by atoms with E-state index >= 15 is 0 Å². The van der Waals surface area contributed by atoms with E-state index in [0.29, 0.717) is 48.8 Å². The van der Waals surface area contributed by atoms with Crippen LogP contribution in [0.15, 0.2) is 54.6 Å². The largest absolute Gasteiger partial charge is 0.466 e. The van der Waals surface area contributed by atoms with Crippen molar-refractivity contribution < 1.29 is 13.9 Å². The van der Waals surface area contributed by atoms with Crippen molar-refractivity contribution in [1.82, 2.24) is 15.2 Å². The van der Waals surface area contributed by atoms with E-state index in [4.69, 9.17) is 21.3 Å². The molecule has 0 bridgehead atoms. The third-order valence-corrected chi connectivity index (χ3v) is 5.89. The summed E-state index contributed by atoms with van der Waals surface area (Å²) >= 11 is 6.05. The molecule has 0 atom stereocenters. The highest BCUT2D eigenvalue weighted by Gasteiger charge is 2.50. The molecule has 7 heteroatoms. The van der Waals surface area contributed by atoms with Gasteiger partial charge in [-0.05, 0) is 43.4 Å². The molecule has 1 heterocycles. The van der Waals surface area contributed by atoms with Gasteiger partial charge in [-0.25, -0.2) is 9.37 Å². The van der Waals surface area contributed by atoms with Gasteiger partial charge in [0.25, 0.3) is 0 Å². The van der Waals surface area contributed by atoms with E-state index in [1.165, 1.54) is 6.92 Å². The van der Waals surface area contributed by atoms with Crippen LogP contribution in [0.2, 0.25) is 5.02 Å². The number of halogens is 2. The van der Waals surface area contributed by atoms with Crippen LogP contribution in [-0.2, 0) is 21.4 Å². The summed E-state index contributed by atoms with van der Waals surface area (Å²) < 4.78 is 19.2. The van der Waals surface area contributed by atoms with Crippen molar-refractivity contribution in [2.75, 3.05) is 6.61 Å². The topological polar surface area (TPSA) is 65.0 Å². The third kappa shape index (κ3) is 4.59. The first-order chi connectivity index (χ1) is 15.0. The van der Waals surface area contributed by atoms with Crippen molar-refractivity contribution in [1.29, 1.82) is 0 Å². The number of carbonyl (C=O) groups excluding carboxylic acids is 1. The number of nitrogens with zero attached hydrogens (tertiary/aromatic N) is 3. The maximum atomic E-state index is 14.1. The van der Waals surface area contributed by atoms with Crippen molar-refractivity contribution >= 4 is 17.6 Å².